The van der Waals surface area contributed by atoms with Gasteiger partial charge in [0.1, 0.15) is 12.4 Å². The van der Waals surface area contributed by atoms with Crippen LogP contribution in [0, 0.1) is 18.6 Å². The molecule has 0 radical (unpaired) electrons. The summed E-state index contributed by atoms with van der Waals surface area (Å²) in [4.78, 5) is 11.8. The monoisotopic (exact) mass is 340 g/mol. The first kappa shape index (κ1) is 17.0. The number of amides is 2. The summed E-state index contributed by atoms with van der Waals surface area (Å²) in [5.74, 6) is -1.73. The Morgan fingerprint density at radius 2 is 2.00 bits per heavy atom. The summed E-state index contributed by atoms with van der Waals surface area (Å²) in [7, 11) is 0. The molecule has 0 bridgehead atoms. The molecule has 2 rings (SSSR count). The molecule has 23 heavy (non-hydrogen) atoms. The molecule has 0 unspecified atom stereocenters. The minimum atomic E-state index is -0.982. The first-order valence-electron chi connectivity index (χ1n) is 6.85. The molecule has 0 aromatic heterocycles. The van der Waals surface area contributed by atoms with Crippen LogP contribution in [0.4, 0.5) is 19.3 Å². The standard InChI is InChI=1S/C16H15ClF2N2O2/c1-10-12(17)3-2-4-15(10)21-16(22)20-7-8-23-11-5-6-13(18)14(19)9-11/h2-6,9H,7-8H2,1H3,(H2,20,21,22). The maximum atomic E-state index is 13.0. The summed E-state index contributed by atoms with van der Waals surface area (Å²) in [6.07, 6.45) is 0. The van der Waals surface area contributed by atoms with Gasteiger partial charge in [-0.05, 0) is 36.8 Å². The van der Waals surface area contributed by atoms with Gasteiger partial charge in [-0.25, -0.2) is 13.6 Å². The summed E-state index contributed by atoms with van der Waals surface area (Å²) < 4.78 is 31.0. The molecule has 2 amide bonds. The van der Waals surface area contributed by atoms with E-state index in [1.165, 1.54) is 6.07 Å². The molecule has 0 aliphatic heterocycles. The summed E-state index contributed by atoms with van der Waals surface area (Å²) in [5, 5.41) is 5.81. The van der Waals surface area contributed by atoms with E-state index in [2.05, 4.69) is 10.6 Å². The Bertz CT molecular complexity index is 710. The highest BCUT2D eigenvalue weighted by Crippen LogP contribution is 2.22. The van der Waals surface area contributed by atoms with Gasteiger partial charge in [-0.15, -0.1) is 0 Å². The van der Waals surface area contributed by atoms with Gasteiger partial charge in [-0.3, -0.25) is 0 Å². The highest BCUT2D eigenvalue weighted by Gasteiger charge is 2.06. The Labute approximate surface area is 137 Å². The number of nitrogens with one attached hydrogen (secondary N) is 2. The Morgan fingerprint density at radius 1 is 1.22 bits per heavy atom. The summed E-state index contributed by atoms with van der Waals surface area (Å²) >= 11 is 5.97. The van der Waals surface area contributed by atoms with Crippen LogP contribution >= 0.6 is 11.6 Å². The Balaban J connectivity index is 1.76. The van der Waals surface area contributed by atoms with E-state index in [1.807, 2.05) is 0 Å². The molecule has 122 valence electrons. The van der Waals surface area contributed by atoms with Gasteiger partial charge in [-0.2, -0.15) is 0 Å². The third kappa shape index (κ3) is 4.82. The molecule has 0 fully saturated rings. The van der Waals surface area contributed by atoms with Crippen molar-refractivity contribution in [2.75, 3.05) is 18.5 Å². The van der Waals surface area contributed by atoms with Gasteiger partial charge in [0.25, 0.3) is 0 Å². The lowest BCUT2D eigenvalue weighted by Crippen LogP contribution is -2.32. The number of halogens is 3. The highest BCUT2D eigenvalue weighted by molar-refractivity contribution is 6.31. The van der Waals surface area contributed by atoms with Crippen LogP contribution < -0.4 is 15.4 Å². The van der Waals surface area contributed by atoms with Crippen molar-refractivity contribution in [2.24, 2.45) is 0 Å². The average molecular weight is 341 g/mol. The zero-order valence-electron chi connectivity index (χ0n) is 12.3. The molecule has 0 spiro atoms. The molecule has 0 aliphatic rings. The van der Waals surface area contributed by atoms with Crippen LogP contribution in [0.3, 0.4) is 0 Å². The number of rotatable bonds is 5. The second-order valence-corrected chi connectivity index (χ2v) is 5.12. The first-order chi connectivity index (χ1) is 11.0. The van der Waals surface area contributed by atoms with Crippen molar-refractivity contribution in [3.8, 4) is 5.75 Å². The van der Waals surface area contributed by atoms with Gasteiger partial charge < -0.3 is 15.4 Å². The van der Waals surface area contributed by atoms with Crippen LogP contribution in [-0.2, 0) is 0 Å². The molecule has 0 aliphatic carbocycles. The average Bonchev–Trinajstić information content (AvgIpc) is 2.52. The first-order valence-corrected chi connectivity index (χ1v) is 7.23. The zero-order valence-corrected chi connectivity index (χ0v) is 13.1. The lowest BCUT2D eigenvalue weighted by Gasteiger charge is -2.11. The number of hydrogen-bond acceptors (Lipinski definition) is 2. The molecule has 0 atom stereocenters. The summed E-state index contributed by atoms with van der Waals surface area (Å²) in [6, 6.07) is 8.03. The van der Waals surface area contributed by atoms with E-state index in [4.69, 9.17) is 16.3 Å². The molecule has 0 heterocycles. The summed E-state index contributed by atoms with van der Waals surface area (Å²) in [6.45, 7) is 2.11. The number of urea groups is 1. The Hall–Kier alpha value is -2.34. The molecule has 0 saturated heterocycles. The molecule has 4 nitrogen and oxygen atoms in total. The SMILES string of the molecule is Cc1c(Cl)cccc1NC(=O)NCCOc1ccc(F)c(F)c1. The molecule has 2 aromatic carbocycles. The predicted molar refractivity (Wildman–Crippen MR) is 85.1 cm³/mol. The fourth-order valence-corrected chi connectivity index (χ4v) is 1.98. The number of carbonyl (C=O) groups is 1. The van der Waals surface area contributed by atoms with Crippen molar-refractivity contribution >= 4 is 23.3 Å². The number of benzene rings is 2. The molecule has 7 heteroatoms. The van der Waals surface area contributed by atoms with Crippen molar-refractivity contribution in [3.05, 3.63) is 58.6 Å². The topological polar surface area (TPSA) is 50.4 Å². The quantitative estimate of drug-likeness (QED) is 0.804. The van der Waals surface area contributed by atoms with E-state index < -0.39 is 17.7 Å². The second-order valence-electron chi connectivity index (χ2n) is 4.72. The lowest BCUT2D eigenvalue weighted by molar-refractivity contribution is 0.247. The van der Waals surface area contributed by atoms with E-state index in [1.54, 1.807) is 25.1 Å². The molecular formula is C16H15ClF2N2O2. The predicted octanol–water partition coefficient (Wildman–Crippen LogP) is 4.13. The van der Waals surface area contributed by atoms with E-state index in [0.717, 1.165) is 17.7 Å². The maximum Gasteiger partial charge on any atom is 0.319 e. The van der Waals surface area contributed by atoms with E-state index >= 15 is 0 Å². The van der Waals surface area contributed by atoms with Gasteiger partial charge in [0.15, 0.2) is 11.6 Å². The van der Waals surface area contributed by atoms with Crippen LogP contribution in [0.1, 0.15) is 5.56 Å². The number of carbonyl (C=O) groups excluding carboxylic acids is 1. The lowest BCUT2D eigenvalue weighted by atomic mass is 10.2. The van der Waals surface area contributed by atoms with Crippen LogP contribution in [0.25, 0.3) is 0 Å². The number of anilines is 1. The zero-order chi connectivity index (χ0) is 16.8. The van der Waals surface area contributed by atoms with Gasteiger partial charge in [0, 0.05) is 16.8 Å². The third-order valence-electron chi connectivity index (χ3n) is 3.06. The van der Waals surface area contributed by atoms with Crippen molar-refractivity contribution in [2.45, 2.75) is 6.92 Å². The van der Waals surface area contributed by atoms with Crippen molar-refractivity contribution < 1.29 is 18.3 Å². The third-order valence-corrected chi connectivity index (χ3v) is 3.47. The Kier molecular flexibility index (Phi) is 5.76. The van der Waals surface area contributed by atoms with Crippen molar-refractivity contribution in [1.29, 1.82) is 0 Å². The van der Waals surface area contributed by atoms with Gasteiger partial charge in [0.2, 0.25) is 0 Å². The Morgan fingerprint density at radius 3 is 2.74 bits per heavy atom. The fraction of sp³-hybridized carbons (Fsp3) is 0.188. The minimum absolute atomic E-state index is 0.118. The van der Waals surface area contributed by atoms with Crippen molar-refractivity contribution in [1.82, 2.24) is 5.32 Å². The van der Waals surface area contributed by atoms with Crippen LogP contribution in [-0.4, -0.2) is 19.2 Å². The molecule has 2 aromatic rings. The van der Waals surface area contributed by atoms with Gasteiger partial charge in [-0.1, -0.05) is 17.7 Å². The fourth-order valence-electron chi connectivity index (χ4n) is 1.81. The van der Waals surface area contributed by atoms with E-state index in [0.29, 0.717) is 10.7 Å². The molecular weight excluding hydrogens is 326 g/mol. The smallest absolute Gasteiger partial charge is 0.319 e. The van der Waals surface area contributed by atoms with Crippen molar-refractivity contribution in [3.63, 3.8) is 0 Å². The number of ether oxygens (including phenoxy) is 1. The van der Waals surface area contributed by atoms with E-state index in [-0.39, 0.29) is 18.9 Å². The van der Waals surface area contributed by atoms with Crippen LogP contribution in [0.15, 0.2) is 36.4 Å². The normalized spacial score (nSPS) is 10.3. The van der Waals surface area contributed by atoms with Gasteiger partial charge in [0.05, 0.1) is 6.54 Å². The minimum Gasteiger partial charge on any atom is -0.492 e. The maximum absolute atomic E-state index is 13.0. The molecule has 0 saturated carbocycles. The van der Waals surface area contributed by atoms with E-state index in [9.17, 15) is 13.6 Å². The highest BCUT2D eigenvalue weighted by atomic mass is 35.5. The molecule has 2 N–H and O–H groups in total. The van der Waals surface area contributed by atoms with Crippen LogP contribution in [0.2, 0.25) is 5.02 Å². The van der Waals surface area contributed by atoms with Crippen LogP contribution in [0.5, 0.6) is 5.75 Å². The van der Waals surface area contributed by atoms with Gasteiger partial charge >= 0.3 is 6.03 Å². The number of hydrogen-bond donors (Lipinski definition) is 2. The second kappa shape index (κ2) is 7.78. The summed E-state index contributed by atoms with van der Waals surface area (Å²) in [5.41, 5.74) is 1.37. The largest absolute Gasteiger partial charge is 0.492 e.